The highest BCUT2D eigenvalue weighted by atomic mass is 79.9. The topological polar surface area (TPSA) is 75.3 Å². The van der Waals surface area contributed by atoms with Crippen LogP contribution in [0.1, 0.15) is 12.5 Å². The molecule has 128 valence electrons. The summed E-state index contributed by atoms with van der Waals surface area (Å²) in [6.45, 7) is 1.97. The quantitative estimate of drug-likeness (QED) is 0.735. The number of halogens is 1. The molecular formula is C17H19BrN2O3S. The Morgan fingerprint density at radius 1 is 1.08 bits per heavy atom. The van der Waals surface area contributed by atoms with Crippen LogP contribution >= 0.6 is 15.9 Å². The molecule has 2 aromatic carbocycles. The van der Waals surface area contributed by atoms with E-state index in [-0.39, 0.29) is 10.8 Å². The second-order valence-corrected chi connectivity index (χ2v) is 7.95. The molecule has 2 N–H and O–H groups in total. The third-order valence-electron chi connectivity index (χ3n) is 3.40. The highest BCUT2D eigenvalue weighted by Gasteiger charge is 2.21. The molecule has 2 aromatic rings. The summed E-state index contributed by atoms with van der Waals surface area (Å²) in [6.07, 6.45) is 0.693. The molecule has 24 heavy (non-hydrogen) atoms. The van der Waals surface area contributed by atoms with Crippen LogP contribution in [-0.4, -0.2) is 26.9 Å². The molecule has 1 amide bonds. The lowest BCUT2D eigenvalue weighted by Crippen LogP contribution is -2.45. The maximum atomic E-state index is 12.2. The Kier molecular flexibility index (Phi) is 6.53. The lowest BCUT2D eigenvalue weighted by molar-refractivity contribution is -0.122. The third-order valence-corrected chi connectivity index (χ3v) is 5.49. The molecule has 0 heterocycles. The molecule has 2 rings (SSSR count). The van der Waals surface area contributed by atoms with Gasteiger partial charge in [-0.25, -0.2) is 8.42 Å². The van der Waals surface area contributed by atoms with E-state index in [1.54, 1.807) is 12.1 Å². The van der Waals surface area contributed by atoms with Crippen molar-refractivity contribution in [3.63, 3.8) is 0 Å². The molecule has 1 atom stereocenters. The first-order valence-corrected chi connectivity index (χ1v) is 9.75. The first-order chi connectivity index (χ1) is 11.4. The van der Waals surface area contributed by atoms with Crippen LogP contribution in [0.2, 0.25) is 0 Å². The fourth-order valence-electron chi connectivity index (χ4n) is 2.10. The molecule has 0 saturated carbocycles. The van der Waals surface area contributed by atoms with Crippen LogP contribution in [0.25, 0.3) is 0 Å². The Morgan fingerprint density at radius 2 is 1.71 bits per heavy atom. The number of hydrogen-bond acceptors (Lipinski definition) is 3. The van der Waals surface area contributed by atoms with E-state index in [1.807, 2.05) is 30.3 Å². The van der Waals surface area contributed by atoms with Crippen LogP contribution in [0.4, 0.5) is 0 Å². The number of rotatable bonds is 7. The first-order valence-electron chi connectivity index (χ1n) is 7.48. The maximum absolute atomic E-state index is 12.2. The van der Waals surface area contributed by atoms with Gasteiger partial charge in [0.2, 0.25) is 15.9 Å². The van der Waals surface area contributed by atoms with Crippen molar-refractivity contribution in [1.82, 2.24) is 10.0 Å². The van der Waals surface area contributed by atoms with Gasteiger partial charge in [0, 0.05) is 11.0 Å². The van der Waals surface area contributed by atoms with Crippen LogP contribution in [-0.2, 0) is 21.2 Å². The van der Waals surface area contributed by atoms with Gasteiger partial charge >= 0.3 is 0 Å². The predicted molar refractivity (Wildman–Crippen MR) is 97.1 cm³/mol. The molecule has 5 nitrogen and oxygen atoms in total. The predicted octanol–water partition coefficient (Wildman–Crippen LogP) is 2.47. The molecule has 0 aliphatic carbocycles. The SMILES string of the molecule is C[C@@H](NS(=O)(=O)c1ccc(Br)cc1)C(=O)NCCc1ccccc1. The number of nitrogens with one attached hydrogen (secondary N) is 2. The van der Waals surface area contributed by atoms with Crippen molar-refractivity contribution in [3.05, 3.63) is 64.6 Å². The van der Waals surface area contributed by atoms with E-state index in [9.17, 15) is 13.2 Å². The number of hydrogen-bond donors (Lipinski definition) is 2. The highest BCUT2D eigenvalue weighted by molar-refractivity contribution is 9.10. The number of sulfonamides is 1. The van der Waals surface area contributed by atoms with Crippen LogP contribution in [0, 0.1) is 0 Å². The number of benzene rings is 2. The molecule has 0 spiro atoms. The van der Waals surface area contributed by atoms with E-state index in [0.717, 1.165) is 10.0 Å². The average molecular weight is 411 g/mol. The summed E-state index contributed by atoms with van der Waals surface area (Å²) in [5, 5.41) is 2.74. The van der Waals surface area contributed by atoms with E-state index in [4.69, 9.17) is 0 Å². The Morgan fingerprint density at radius 3 is 2.33 bits per heavy atom. The fraction of sp³-hybridized carbons (Fsp3) is 0.235. The second kappa shape index (κ2) is 8.41. The van der Waals surface area contributed by atoms with Gasteiger partial charge in [0.1, 0.15) is 0 Å². The van der Waals surface area contributed by atoms with Crippen LogP contribution in [0.3, 0.4) is 0 Å². The minimum atomic E-state index is -3.73. The normalized spacial score (nSPS) is 12.6. The van der Waals surface area contributed by atoms with Gasteiger partial charge in [0.15, 0.2) is 0 Å². The zero-order chi connectivity index (χ0) is 17.6. The Bertz CT molecular complexity index is 777. The zero-order valence-corrected chi connectivity index (χ0v) is 15.6. The average Bonchev–Trinajstić information content (AvgIpc) is 2.55. The zero-order valence-electron chi connectivity index (χ0n) is 13.2. The summed E-state index contributed by atoms with van der Waals surface area (Å²) < 4.78 is 27.7. The summed E-state index contributed by atoms with van der Waals surface area (Å²) in [7, 11) is -3.73. The van der Waals surface area contributed by atoms with Gasteiger partial charge in [0.25, 0.3) is 0 Å². The van der Waals surface area contributed by atoms with E-state index in [1.165, 1.54) is 19.1 Å². The van der Waals surface area contributed by atoms with Gasteiger partial charge < -0.3 is 5.32 Å². The van der Waals surface area contributed by atoms with Crippen molar-refractivity contribution in [2.45, 2.75) is 24.3 Å². The standard InChI is InChI=1S/C17H19BrN2O3S/c1-13(17(21)19-12-11-14-5-3-2-4-6-14)20-24(22,23)16-9-7-15(18)8-10-16/h2-10,13,20H,11-12H2,1H3,(H,19,21)/t13-/m1/s1. The van der Waals surface area contributed by atoms with Crippen molar-refractivity contribution < 1.29 is 13.2 Å². The fourth-order valence-corrected chi connectivity index (χ4v) is 3.56. The van der Waals surface area contributed by atoms with Crippen molar-refractivity contribution in [2.24, 2.45) is 0 Å². The van der Waals surface area contributed by atoms with Crippen LogP contribution in [0.5, 0.6) is 0 Å². The minimum Gasteiger partial charge on any atom is -0.354 e. The third kappa shape index (κ3) is 5.43. The number of amides is 1. The van der Waals surface area contributed by atoms with Crippen molar-refractivity contribution in [1.29, 1.82) is 0 Å². The van der Waals surface area contributed by atoms with E-state index in [2.05, 4.69) is 26.0 Å². The van der Waals surface area contributed by atoms with E-state index < -0.39 is 16.1 Å². The molecule has 0 aliphatic heterocycles. The largest absolute Gasteiger partial charge is 0.354 e. The van der Waals surface area contributed by atoms with Crippen molar-refractivity contribution in [3.8, 4) is 0 Å². The Hall–Kier alpha value is -1.70. The summed E-state index contributed by atoms with van der Waals surface area (Å²) in [4.78, 5) is 12.2. The van der Waals surface area contributed by atoms with Crippen molar-refractivity contribution >= 4 is 31.9 Å². The number of carbonyl (C=O) groups excluding carboxylic acids is 1. The molecule has 7 heteroatoms. The van der Waals surface area contributed by atoms with Crippen molar-refractivity contribution in [2.75, 3.05) is 6.54 Å². The van der Waals surface area contributed by atoms with Gasteiger partial charge in [-0.3, -0.25) is 4.79 Å². The molecule has 0 fully saturated rings. The molecule has 0 unspecified atom stereocenters. The Labute approximate surface area is 150 Å². The van der Waals surface area contributed by atoms with Gasteiger partial charge in [-0.15, -0.1) is 0 Å². The van der Waals surface area contributed by atoms with E-state index in [0.29, 0.717) is 13.0 Å². The molecule has 0 saturated heterocycles. The smallest absolute Gasteiger partial charge is 0.241 e. The summed E-state index contributed by atoms with van der Waals surface area (Å²) in [6, 6.07) is 15.1. The van der Waals surface area contributed by atoms with Crippen LogP contribution in [0.15, 0.2) is 64.0 Å². The molecule has 0 aromatic heterocycles. The van der Waals surface area contributed by atoms with Crippen LogP contribution < -0.4 is 10.0 Å². The minimum absolute atomic E-state index is 0.120. The highest BCUT2D eigenvalue weighted by Crippen LogP contribution is 2.14. The summed E-state index contributed by atoms with van der Waals surface area (Å²) >= 11 is 3.25. The van der Waals surface area contributed by atoms with Gasteiger partial charge in [-0.1, -0.05) is 46.3 Å². The second-order valence-electron chi connectivity index (χ2n) is 5.32. The Balaban J connectivity index is 1.87. The van der Waals surface area contributed by atoms with Gasteiger partial charge in [-0.2, -0.15) is 4.72 Å². The lowest BCUT2D eigenvalue weighted by Gasteiger charge is -2.14. The lowest BCUT2D eigenvalue weighted by atomic mass is 10.1. The monoisotopic (exact) mass is 410 g/mol. The molecule has 0 radical (unpaired) electrons. The van der Waals surface area contributed by atoms with Gasteiger partial charge in [0.05, 0.1) is 10.9 Å². The maximum Gasteiger partial charge on any atom is 0.241 e. The summed E-state index contributed by atoms with van der Waals surface area (Å²) in [5.41, 5.74) is 1.11. The summed E-state index contributed by atoms with van der Waals surface area (Å²) in [5.74, 6) is -0.355. The van der Waals surface area contributed by atoms with Gasteiger partial charge in [-0.05, 0) is 43.2 Å². The molecular weight excluding hydrogens is 392 g/mol. The first kappa shape index (κ1) is 18.6. The molecule has 0 bridgehead atoms. The van der Waals surface area contributed by atoms with E-state index >= 15 is 0 Å². The number of carbonyl (C=O) groups is 1. The molecule has 0 aliphatic rings.